The molecule has 2 aromatic rings. The Kier molecular flexibility index (Phi) is 7.87. The molecule has 28 heavy (non-hydrogen) atoms. The molecule has 170 valence electrons. The van der Waals surface area contributed by atoms with E-state index in [0.29, 0.717) is 5.65 Å². The minimum atomic E-state index is -10.7. The SMILES string of the molecule is F[P-](F)(F)(F)(F)F.F[P-](F)(F)(F)(F)F.[CH3][U+2]([CH3])([CH3])[CH3].c1cnc2nn[nH]c2c1. The van der Waals surface area contributed by atoms with Gasteiger partial charge in [-0.05, 0) is 12.1 Å². The third kappa shape index (κ3) is 56.2. The summed E-state index contributed by atoms with van der Waals surface area (Å²) in [6.07, 6.45) is 1.69. The van der Waals surface area contributed by atoms with Crippen LogP contribution in [-0.4, -0.2) is 20.4 Å². The largest absolute Gasteiger partial charge is 0.256 e. The fourth-order valence-electron chi connectivity index (χ4n) is 0.690. The van der Waals surface area contributed by atoms with Gasteiger partial charge in [0.25, 0.3) is 0 Å². The number of aromatic nitrogens is 4. The molecule has 0 bridgehead atoms. The standard InChI is InChI=1S/C5H4N4.4CH3.2F6P.U/c1-2-4-5(6-3-1)8-9-7-4;;;;;2*1-7(2,3,4,5)6;/h1-3H,(H,6,7,8,9);4*1H3;;;/q;;;;;2*-1;+2. The van der Waals surface area contributed by atoms with E-state index in [1.54, 1.807) is 6.20 Å². The molecule has 1 N–H and O–H groups in total. The van der Waals surface area contributed by atoms with Gasteiger partial charge in [0, 0.05) is 6.20 Å². The van der Waals surface area contributed by atoms with Gasteiger partial charge in [0.1, 0.15) is 5.52 Å². The van der Waals surface area contributed by atoms with Gasteiger partial charge in [0.05, 0.1) is 0 Å². The molecule has 4 nitrogen and oxygen atoms in total. The maximum atomic E-state index is 9.87. The number of fused-ring (bicyclic) bond motifs is 1. The van der Waals surface area contributed by atoms with E-state index in [2.05, 4.69) is 36.2 Å². The first-order valence-corrected chi connectivity index (χ1v) is 27.3. The summed E-state index contributed by atoms with van der Waals surface area (Å²) in [5, 5.41) is 9.96. The average molecular weight is 708 g/mol. The third-order valence-electron chi connectivity index (χ3n) is 1.10. The van der Waals surface area contributed by atoms with Crippen LogP contribution >= 0.6 is 15.6 Å². The molecule has 0 aliphatic carbocycles. The van der Waals surface area contributed by atoms with Crippen molar-refractivity contribution in [2.45, 2.75) is 15.8 Å². The molecule has 2 aromatic heterocycles. The number of nitrogens with zero attached hydrogens (tertiary/aromatic N) is 3. The molecule has 0 aromatic carbocycles. The molecule has 2 rings (SSSR count). The minimum absolute atomic E-state index is 0.664. The number of H-pyrrole nitrogens is 1. The molecule has 19 heteroatoms. The number of hydrogen-bond acceptors (Lipinski definition) is 3. The Morgan fingerprint density at radius 1 is 0.750 bits per heavy atom. The van der Waals surface area contributed by atoms with Crippen LogP contribution in [0.1, 0.15) is 0 Å². The molecule has 0 fully saturated rings. The van der Waals surface area contributed by atoms with Crippen molar-refractivity contribution in [2.24, 2.45) is 0 Å². The third-order valence-corrected chi connectivity index (χ3v) is 1.10. The van der Waals surface area contributed by atoms with Crippen molar-refractivity contribution in [1.29, 1.82) is 0 Å². The van der Waals surface area contributed by atoms with Gasteiger partial charge >= 0.3 is 106 Å². The van der Waals surface area contributed by atoms with E-state index in [1.165, 1.54) is 0 Å². The van der Waals surface area contributed by atoms with Gasteiger partial charge in [-0.15, -0.1) is 5.10 Å². The summed E-state index contributed by atoms with van der Waals surface area (Å²) in [6.45, 7) is 0. The van der Waals surface area contributed by atoms with Gasteiger partial charge < -0.3 is 0 Å². The molecular formula is C9H16F12N4P2U. The normalized spacial score (nSPS) is 17.0. The Hall–Kier alpha value is -0.378. The van der Waals surface area contributed by atoms with Crippen LogP contribution < -0.4 is 0 Å². The molecule has 0 unspecified atom stereocenters. The molecule has 0 amide bonds. The van der Waals surface area contributed by atoms with Gasteiger partial charge in [-0.25, -0.2) is 4.98 Å². The van der Waals surface area contributed by atoms with Crippen LogP contribution in [0.15, 0.2) is 18.3 Å². The molecule has 0 saturated heterocycles. The summed E-state index contributed by atoms with van der Waals surface area (Å²) in [5.41, 5.74) is 1.54. The van der Waals surface area contributed by atoms with Crippen LogP contribution in [0.25, 0.3) is 11.2 Å². The van der Waals surface area contributed by atoms with E-state index in [4.69, 9.17) is 0 Å². The predicted molar refractivity (Wildman–Crippen MR) is 82.3 cm³/mol. The van der Waals surface area contributed by atoms with E-state index in [-0.39, 0.29) is 0 Å². The molecule has 0 aliphatic heterocycles. The Morgan fingerprint density at radius 3 is 1.36 bits per heavy atom. The molecule has 0 spiro atoms. The van der Waals surface area contributed by atoms with Crippen LogP contribution in [0.3, 0.4) is 0 Å². The summed E-state index contributed by atoms with van der Waals surface area (Å²) in [4.78, 5) is 3.94. The van der Waals surface area contributed by atoms with Crippen molar-refractivity contribution in [2.75, 3.05) is 0 Å². The van der Waals surface area contributed by atoms with Crippen LogP contribution in [0.2, 0.25) is 15.8 Å². The van der Waals surface area contributed by atoms with Gasteiger partial charge in [-0.2, -0.15) is 0 Å². The van der Waals surface area contributed by atoms with Crippen LogP contribution in [0.5, 0.6) is 0 Å². The zero-order chi connectivity index (χ0) is 23.4. The van der Waals surface area contributed by atoms with Crippen molar-refractivity contribution in [1.82, 2.24) is 20.4 Å². The summed E-state index contributed by atoms with van der Waals surface area (Å²) < 4.78 is 128. The van der Waals surface area contributed by atoms with Crippen LogP contribution in [0.4, 0.5) is 50.4 Å². The van der Waals surface area contributed by atoms with Crippen molar-refractivity contribution in [3.63, 3.8) is 0 Å². The Morgan fingerprint density at radius 2 is 1.07 bits per heavy atom. The minimum Gasteiger partial charge on any atom is -0.256 e. The van der Waals surface area contributed by atoms with Crippen molar-refractivity contribution in [3.05, 3.63) is 18.3 Å². The van der Waals surface area contributed by atoms with E-state index < -0.39 is 40.0 Å². The monoisotopic (exact) mass is 708 g/mol. The van der Waals surface area contributed by atoms with Gasteiger partial charge in [-0.1, -0.05) is 5.21 Å². The maximum Gasteiger partial charge on any atom is 0.201 e. The quantitative estimate of drug-likeness (QED) is 0.219. The van der Waals surface area contributed by atoms with E-state index >= 15 is 0 Å². The molecule has 2 heterocycles. The van der Waals surface area contributed by atoms with Crippen LogP contribution in [-0.2, 0) is 0 Å². The fraction of sp³-hybridized carbons (Fsp3) is 0.444. The fourth-order valence-corrected chi connectivity index (χ4v) is 0.690. The number of hydrogen-bond donors (Lipinski definition) is 1. The summed E-state index contributed by atoms with van der Waals surface area (Å²) in [7, 11) is -21.3. The van der Waals surface area contributed by atoms with Crippen molar-refractivity contribution >= 4 is 26.8 Å². The van der Waals surface area contributed by atoms with Gasteiger partial charge in [-0.3, -0.25) is 5.10 Å². The van der Waals surface area contributed by atoms with E-state index in [1.807, 2.05) is 12.1 Å². The maximum absolute atomic E-state index is 10.7. The second kappa shape index (κ2) is 7.39. The Balaban J connectivity index is 0. The Labute approximate surface area is 156 Å². The van der Waals surface area contributed by atoms with E-state index in [0.717, 1.165) is 5.52 Å². The second-order valence-corrected chi connectivity index (χ2v) is 35.4. The zero-order valence-electron chi connectivity index (χ0n) is 14.5. The molecular weight excluding hydrogens is 692 g/mol. The number of rotatable bonds is 0. The smallest absolute Gasteiger partial charge is 0.201 e. The van der Waals surface area contributed by atoms with Crippen molar-refractivity contribution in [3.8, 4) is 0 Å². The number of pyridine rings is 1. The van der Waals surface area contributed by atoms with E-state index in [9.17, 15) is 50.4 Å². The predicted octanol–water partition coefficient (Wildman–Crippen LogP) is 9.45. The first-order chi connectivity index (χ1) is 11.4. The number of nitrogens with one attached hydrogen (secondary N) is 1. The molecule has 0 saturated carbocycles. The molecule has 0 aliphatic rings. The number of aromatic amines is 1. The topological polar surface area (TPSA) is 54.5 Å². The zero-order valence-corrected chi connectivity index (χ0v) is 20.5. The summed E-state index contributed by atoms with van der Waals surface area (Å²) in [5.74, 6) is 0. The van der Waals surface area contributed by atoms with Crippen molar-refractivity contribution < 1.29 is 74.7 Å². The van der Waals surface area contributed by atoms with Gasteiger partial charge in [0.2, 0.25) is 5.65 Å². The average Bonchev–Trinajstić information content (AvgIpc) is 2.64. The van der Waals surface area contributed by atoms with Crippen LogP contribution in [0, 0.1) is 24.4 Å². The first kappa shape index (κ1) is 29.8. The summed E-state index contributed by atoms with van der Waals surface area (Å²) >= 11 is -1.34. The number of halogens is 12. The molecule has 0 atom stereocenters. The Bertz CT molecular complexity index is 674. The second-order valence-electron chi connectivity index (χ2n) is 6.60. The summed E-state index contributed by atoms with van der Waals surface area (Å²) in [6, 6.07) is 3.71. The van der Waals surface area contributed by atoms with Gasteiger partial charge in [0.15, 0.2) is 0 Å². The first-order valence-electron chi connectivity index (χ1n) is 6.61. The molecule has 0 radical (unpaired) electrons.